The van der Waals surface area contributed by atoms with Gasteiger partial charge in [0.05, 0.1) is 5.88 Å². The Balaban J connectivity index is 2.36. The minimum absolute atomic E-state index is 0.152. The van der Waals surface area contributed by atoms with Crippen LogP contribution in [0.15, 0.2) is 10.5 Å². The van der Waals surface area contributed by atoms with Crippen molar-refractivity contribution in [3.63, 3.8) is 0 Å². The summed E-state index contributed by atoms with van der Waals surface area (Å²) in [6, 6.07) is 1.71. The number of hydrogen-bond donors (Lipinski definition) is 1. The zero-order valence-electron chi connectivity index (χ0n) is 10.5. The van der Waals surface area contributed by atoms with Gasteiger partial charge in [0, 0.05) is 12.1 Å². The third-order valence-electron chi connectivity index (χ3n) is 2.70. The Bertz CT molecular complexity index is 360. The Morgan fingerprint density at radius 1 is 1.41 bits per heavy atom. The summed E-state index contributed by atoms with van der Waals surface area (Å²) in [5, 5.41) is 2.85. The van der Waals surface area contributed by atoms with Crippen molar-refractivity contribution < 1.29 is 9.21 Å². The highest BCUT2D eigenvalue weighted by Crippen LogP contribution is 2.16. The predicted octanol–water partition coefficient (Wildman–Crippen LogP) is 3.64. The molecule has 0 aliphatic heterocycles. The number of amides is 1. The Hall–Kier alpha value is -0.960. The second-order valence-corrected chi connectivity index (χ2v) is 4.41. The maximum atomic E-state index is 11.7. The number of halogens is 1. The second-order valence-electron chi connectivity index (χ2n) is 4.14. The molecule has 0 aliphatic rings. The lowest BCUT2D eigenvalue weighted by atomic mass is 10.2. The third-order valence-corrected chi connectivity index (χ3v) is 2.99. The highest BCUT2D eigenvalue weighted by molar-refractivity contribution is 6.17. The monoisotopic (exact) mass is 257 g/mol. The molecule has 0 bridgehead atoms. The molecule has 0 atom stereocenters. The molecule has 0 saturated carbocycles. The number of rotatable bonds is 7. The van der Waals surface area contributed by atoms with Crippen LogP contribution in [0, 0.1) is 6.92 Å². The van der Waals surface area contributed by atoms with Crippen LogP contribution in [-0.2, 0) is 5.88 Å². The van der Waals surface area contributed by atoms with Crippen LogP contribution in [0.1, 0.15) is 54.5 Å². The van der Waals surface area contributed by atoms with E-state index in [1.807, 2.05) is 6.92 Å². The van der Waals surface area contributed by atoms with E-state index in [0.29, 0.717) is 18.2 Å². The average molecular weight is 258 g/mol. The lowest BCUT2D eigenvalue weighted by Gasteiger charge is -2.02. The largest absolute Gasteiger partial charge is 0.456 e. The summed E-state index contributed by atoms with van der Waals surface area (Å²) in [6.45, 7) is 4.68. The first-order valence-corrected chi connectivity index (χ1v) is 6.66. The van der Waals surface area contributed by atoms with E-state index < -0.39 is 0 Å². The summed E-state index contributed by atoms with van der Waals surface area (Å²) in [6.07, 6.45) is 4.58. The van der Waals surface area contributed by atoms with Gasteiger partial charge in [-0.25, -0.2) is 0 Å². The molecule has 17 heavy (non-hydrogen) atoms. The van der Waals surface area contributed by atoms with E-state index in [1.54, 1.807) is 6.07 Å². The predicted molar refractivity (Wildman–Crippen MR) is 69.5 cm³/mol. The molecule has 1 rings (SSSR count). The molecule has 0 aliphatic carbocycles. The molecule has 1 amide bonds. The van der Waals surface area contributed by atoms with Crippen LogP contribution in [0.5, 0.6) is 0 Å². The van der Waals surface area contributed by atoms with Crippen LogP contribution in [0.3, 0.4) is 0 Å². The van der Waals surface area contributed by atoms with E-state index in [9.17, 15) is 4.79 Å². The zero-order valence-corrected chi connectivity index (χ0v) is 11.3. The molecular formula is C13H20ClNO2. The molecule has 1 aromatic rings. The SMILES string of the molecule is CCCCCCNC(=O)c1cc(CCl)c(C)o1. The van der Waals surface area contributed by atoms with Gasteiger partial charge in [0.1, 0.15) is 5.76 Å². The molecule has 1 N–H and O–H groups in total. The van der Waals surface area contributed by atoms with Gasteiger partial charge >= 0.3 is 0 Å². The topological polar surface area (TPSA) is 42.2 Å². The molecule has 96 valence electrons. The maximum Gasteiger partial charge on any atom is 0.287 e. The van der Waals surface area contributed by atoms with Crippen LogP contribution in [0.25, 0.3) is 0 Å². The highest BCUT2D eigenvalue weighted by atomic mass is 35.5. The van der Waals surface area contributed by atoms with Crippen molar-refractivity contribution in [2.75, 3.05) is 6.54 Å². The Labute approximate surface area is 108 Å². The molecule has 1 aromatic heterocycles. The van der Waals surface area contributed by atoms with Crippen molar-refractivity contribution in [2.24, 2.45) is 0 Å². The number of carbonyl (C=O) groups is 1. The lowest BCUT2D eigenvalue weighted by molar-refractivity contribution is 0.0924. The number of nitrogens with one attached hydrogen (secondary N) is 1. The fraction of sp³-hybridized carbons (Fsp3) is 0.615. The van der Waals surface area contributed by atoms with Gasteiger partial charge in [-0.2, -0.15) is 0 Å². The van der Waals surface area contributed by atoms with Crippen LogP contribution in [0.2, 0.25) is 0 Å². The number of carbonyl (C=O) groups excluding carboxylic acids is 1. The van der Waals surface area contributed by atoms with Gasteiger partial charge in [-0.1, -0.05) is 26.2 Å². The normalized spacial score (nSPS) is 10.5. The molecule has 0 saturated heterocycles. The van der Waals surface area contributed by atoms with Crippen LogP contribution in [-0.4, -0.2) is 12.5 Å². The lowest BCUT2D eigenvalue weighted by Crippen LogP contribution is -2.23. The van der Waals surface area contributed by atoms with E-state index in [2.05, 4.69) is 12.2 Å². The molecule has 0 spiro atoms. The van der Waals surface area contributed by atoms with Crippen molar-refractivity contribution in [3.05, 3.63) is 23.2 Å². The first-order chi connectivity index (χ1) is 8.19. The van der Waals surface area contributed by atoms with Gasteiger partial charge in [-0.15, -0.1) is 11.6 Å². The first-order valence-electron chi connectivity index (χ1n) is 6.12. The van der Waals surface area contributed by atoms with Gasteiger partial charge < -0.3 is 9.73 Å². The Morgan fingerprint density at radius 3 is 2.76 bits per heavy atom. The third kappa shape index (κ3) is 4.43. The summed E-state index contributed by atoms with van der Waals surface area (Å²) in [7, 11) is 0. The second kappa shape index (κ2) is 7.38. The van der Waals surface area contributed by atoms with E-state index in [1.165, 1.54) is 12.8 Å². The molecule has 1 heterocycles. The van der Waals surface area contributed by atoms with E-state index in [-0.39, 0.29) is 5.91 Å². The summed E-state index contributed by atoms with van der Waals surface area (Å²) in [5.74, 6) is 1.30. The molecule has 0 aromatic carbocycles. The summed E-state index contributed by atoms with van der Waals surface area (Å²) >= 11 is 5.72. The van der Waals surface area contributed by atoms with Crippen LogP contribution in [0.4, 0.5) is 0 Å². The van der Waals surface area contributed by atoms with Crippen molar-refractivity contribution in [2.45, 2.75) is 45.4 Å². The molecule has 0 fully saturated rings. The van der Waals surface area contributed by atoms with E-state index >= 15 is 0 Å². The van der Waals surface area contributed by atoms with Crippen molar-refractivity contribution in [1.29, 1.82) is 0 Å². The van der Waals surface area contributed by atoms with Crippen molar-refractivity contribution in [1.82, 2.24) is 5.32 Å². The maximum absolute atomic E-state index is 11.7. The molecule has 4 heteroatoms. The van der Waals surface area contributed by atoms with Crippen molar-refractivity contribution >= 4 is 17.5 Å². The Morgan fingerprint density at radius 2 is 2.18 bits per heavy atom. The number of furan rings is 1. The quantitative estimate of drug-likeness (QED) is 0.599. The van der Waals surface area contributed by atoms with Gasteiger partial charge in [0.25, 0.3) is 5.91 Å². The molecule has 3 nitrogen and oxygen atoms in total. The minimum atomic E-state index is -0.152. The first kappa shape index (κ1) is 14.1. The Kier molecular flexibility index (Phi) is 6.12. The van der Waals surface area contributed by atoms with Gasteiger partial charge in [-0.3, -0.25) is 4.79 Å². The number of hydrogen-bond acceptors (Lipinski definition) is 2. The van der Waals surface area contributed by atoms with Gasteiger partial charge in [0.2, 0.25) is 0 Å². The highest BCUT2D eigenvalue weighted by Gasteiger charge is 2.12. The minimum Gasteiger partial charge on any atom is -0.456 e. The number of aryl methyl sites for hydroxylation is 1. The molecule has 0 unspecified atom stereocenters. The number of alkyl halides is 1. The number of unbranched alkanes of at least 4 members (excludes halogenated alkanes) is 3. The summed E-state index contributed by atoms with van der Waals surface area (Å²) in [4.78, 5) is 11.7. The average Bonchev–Trinajstić information content (AvgIpc) is 2.70. The summed E-state index contributed by atoms with van der Waals surface area (Å²) in [5.41, 5.74) is 0.878. The van der Waals surface area contributed by atoms with E-state index in [4.69, 9.17) is 16.0 Å². The molecule has 0 radical (unpaired) electrons. The van der Waals surface area contributed by atoms with E-state index in [0.717, 1.165) is 24.2 Å². The van der Waals surface area contributed by atoms with Gasteiger partial charge in [-0.05, 0) is 19.4 Å². The molecular weight excluding hydrogens is 238 g/mol. The zero-order chi connectivity index (χ0) is 12.7. The standard InChI is InChI=1S/C13H20ClNO2/c1-3-4-5-6-7-15-13(16)12-8-11(9-14)10(2)17-12/h8H,3-7,9H2,1-2H3,(H,15,16). The van der Waals surface area contributed by atoms with Crippen molar-refractivity contribution in [3.8, 4) is 0 Å². The summed E-state index contributed by atoms with van der Waals surface area (Å²) < 4.78 is 5.35. The van der Waals surface area contributed by atoms with Gasteiger partial charge in [0.15, 0.2) is 5.76 Å². The smallest absolute Gasteiger partial charge is 0.287 e. The van der Waals surface area contributed by atoms with Crippen LogP contribution < -0.4 is 5.32 Å². The van der Waals surface area contributed by atoms with Crippen LogP contribution >= 0.6 is 11.6 Å². The fourth-order valence-corrected chi connectivity index (χ4v) is 1.87. The fourth-order valence-electron chi connectivity index (χ4n) is 1.61.